The molecular weight excluding hydrogens is 417 g/mol. The van der Waals surface area contributed by atoms with Crippen molar-refractivity contribution in [2.24, 2.45) is 11.7 Å². The highest BCUT2D eigenvalue weighted by Gasteiger charge is 2.33. The number of primary amides is 1. The molecule has 32 heavy (non-hydrogen) atoms. The van der Waals surface area contributed by atoms with Crippen LogP contribution in [0.2, 0.25) is 0 Å². The van der Waals surface area contributed by atoms with E-state index in [4.69, 9.17) is 15.2 Å². The third-order valence-electron chi connectivity index (χ3n) is 6.06. The van der Waals surface area contributed by atoms with Crippen molar-refractivity contribution in [3.8, 4) is 0 Å². The minimum absolute atomic E-state index is 0.119. The number of aromatic nitrogens is 2. The molecule has 0 aliphatic carbocycles. The Kier molecular flexibility index (Phi) is 6.59. The Morgan fingerprint density at radius 3 is 2.62 bits per heavy atom. The van der Waals surface area contributed by atoms with Gasteiger partial charge in [0.05, 0.1) is 19.3 Å². The number of likely N-dealkylation sites (tertiary alicyclic amines) is 1. The molecule has 3 heterocycles. The fourth-order valence-electron chi connectivity index (χ4n) is 4.07. The van der Waals surface area contributed by atoms with Crippen LogP contribution in [0.5, 0.6) is 0 Å². The van der Waals surface area contributed by atoms with Gasteiger partial charge in [0.2, 0.25) is 0 Å². The number of benzene rings is 1. The molecule has 4 rings (SSSR count). The highest BCUT2D eigenvalue weighted by molar-refractivity contribution is 5.98. The van der Waals surface area contributed by atoms with Crippen molar-refractivity contribution in [2.45, 2.75) is 38.3 Å². The lowest BCUT2D eigenvalue weighted by atomic mass is 9.94. The van der Waals surface area contributed by atoms with Gasteiger partial charge in [0.25, 0.3) is 5.91 Å². The number of anilines is 2. The topological polar surface area (TPSA) is 112 Å². The smallest absolute Gasteiger partial charge is 0.410 e. The summed E-state index contributed by atoms with van der Waals surface area (Å²) < 4.78 is 25.9. The molecule has 0 spiro atoms. The van der Waals surface area contributed by atoms with Crippen LogP contribution in [0.25, 0.3) is 0 Å². The summed E-state index contributed by atoms with van der Waals surface area (Å²) in [5.74, 6) is -0.472. The summed E-state index contributed by atoms with van der Waals surface area (Å²) in [5, 5.41) is 7.58. The lowest BCUT2D eigenvalue weighted by Gasteiger charge is -2.37. The molecule has 172 valence electrons. The van der Waals surface area contributed by atoms with Gasteiger partial charge in [0.15, 0.2) is 5.82 Å². The van der Waals surface area contributed by atoms with E-state index in [9.17, 15) is 14.0 Å². The number of ether oxygens (including phenoxy) is 2. The first-order valence-corrected chi connectivity index (χ1v) is 10.9. The highest BCUT2D eigenvalue weighted by atomic mass is 19.1. The summed E-state index contributed by atoms with van der Waals surface area (Å²) in [6.07, 6.45) is 3.34. The summed E-state index contributed by atoms with van der Waals surface area (Å²) in [4.78, 5) is 26.4. The van der Waals surface area contributed by atoms with Crippen LogP contribution in [0.3, 0.4) is 0 Å². The molecule has 2 saturated heterocycles. The van der Waals surface area contributed by atoms with Crippen LogP contribution >= 0.6 is 0 Å². The standard InChI is InChI=1S/C22H28FN5O4/c1-14-6-9-27(22(30)32-17-7-10-31-11-8-17)13-19(14)28-12-18(20(24)29)21(26-28)25-16-4-2-15(23)3-5-16/h2-5,12,14,17,19H,6-11,13H2,1H3,(H2,24,29)(H,25,26)/t14-,19?/m1/s1. The van der Waals surface area contributed by atoms with E-state index in [-0.39, 0.29) is 35.5 Å². The first-order valence-electron chi connectivity index (χ1n) is 10.9. The SMILES string of the molecule is C[C@@H]1CCN(C(=O)OC2CCOCC2)CC1n1cc(C(N)=O)c(Nc2ccc(F)cc2)n1. The Hall–Kier alpha value is -3.14. The van der Waals surface area contributed by atoms with E-state index in [0.29, 0.717) is 50.7 Å². The Bertz CT molecular complexity index is 958. The van der Waals surface area contributed by atoms with Gasteiger partial charge in [-0.15, -0.1) is 0 Å². The highest BCUT2D eigenvalue weighted by Crippen LogP contribution is 2.30. The lowest BCUT2D eigenvalue weighted by Crippen LogP contribution is -2.45. The van der Waals surface area contributed by atoms with Crippen LogP contribution < -0.4 is 11.1 Å². The molecule has 2 aliphatic rings. The Labute approximate surface area is 185 Å². The summed E-state index contributed by atoms with van der Waals surface area (Å²) in [6.45, 7) is 4.31. The van der Waals surface area contributed by atoms with Crippen LogP contribution in [0.1, 0.15) is 42.6 Å². The number of rotatable bonds is 5. The van der Waals surface area contributed by atoms with Crippen LogP contribution in [-0.4, -0.2) is 59.1 Å². The normalized spacial score (nSPS) is 21.9. The Balaban J connectivity index is 1.50. The van der Waals surface area contributed by atoms with E-state index in [1.165, 1.54) is 12.1 Å². The van der Waals surface area contributed by atoms with E-state index in [1.807, 2.05) is 0 Å². The number of amides is 2. The average Bonchev–Trinajstić information content (AvgIpc) is 3.20. The summed E-state index contributed by atoms with van der Waals surface area (Å²) in [5.41, 5.74) is 6.37. The van der Waals surface area contributed by atoms with Crippen LogP contribution in [0.15, 0.2) is 30.5 Å². The van der Waals surface area contributed by atoms with Crippen molar-refractivity contribution >= 4 is 23.5 Å². The Morgan fingerprint density at radius 2 is 1.94 bits per heavy atom. The lowest BCUT2D eigenvalue weighted by molar-refractivity contribution is -0.0158. The summed E-state index contributed by atoms with van der Waals surface area (Å²) in [6, 6.07) is 5.59. The number of hydrogen-bond acceptors (Lipinski definition) is 6. The third-order valence-corrected chi connectivity index (χ3v) is 6.06. The molecule has 3 N–H and O–H groups in total. The molecule has 2 fully saturated rings. The van der Waals surface area contributed by atoms with E-state index < -0.39 is 5.91 Å². The van der Waals surface area contributed by atoms with Gasteiger partial charge < -0.3 is 25.4 Å². The van der Waals surface area contributed by atoms with E-state index >= 15 is 0 Å². The molecule has 1 aromatic carbocycles. The van der Waals surface area contributed by atoms with Crippen LogP contribution in [0, 0.1) is 11.7 Å². The maximum atomic E-state index is 13.2. The van der Waals surface area contributed by atoms with Crippen molar-refractivity contribution in [1.29, 1.82) is 0 Å². The molecule has 10 heteroatoms. The summed E-state index contributed by atoms with van der Waals surface area (Å²) in [7, 11) is 0. The van der Waals surface area contributed by atoms with Crippen molar-refractivity contribution in [3.05, 3.63) is 41.8 Å². The number of halogens is 1. The van der Waals surface area contributed by atoms with Gasteiger partial charge in [-0.2, -0.15) is 5.10 Å². The zero-order valence-electron chi connectivity index (χ0n) is 18.0. The van der Waals surface area contributed by atoms with Crippen LogP contribution in [0.4, 0.5) is 20.7 Å². The zero-order chi connectivity index (χ0) is 22.7. The van der Waals surface area contributed by atoms with Crippen molar-refractivity contribution < 1.29 is 23.5 Å². The van der Waals surface area contributed by atoms with Gasteiger partial charge >= 0.3 is 6.09 Å². The molecule has 2 atom stereocenters. The molecule has 2 aliphatic heterocycles. The fraction of sp³-hybridized carbons (Fsp3) is 0.500. The quantitative estimate of drug-likeness (QED) is 0.732. The van der Waals surface area contributed by atoms with Crippen molar-refractivity contribution in [2.75, 3.05) is 31.6 Å². The van der Waals surface area contributed by atoms with Gasteiger partial charge in [-0.05, 0) is 36.6 Å². The molecule has 1 aromatic heterocycles. The van der Waals surface area contributed by atoms with Gasteiger partial charge in [-0.3, -0.25) is 9.48 Å². The number of piperidine rings is 1. The zero-order valence-corrected chi connectivity index (χ0v) is 18.0. The number of carbonyl (C=O) groups is 2. The first kappa shape index (κ1) is 22.1. The molecule has 2 amide bonds. The van der Waals surface area contributed by atoms with E-state index in [0.717, 1.165) is 6.42 Å². The second-order valence-corrected chi connectivity index (χ2v) is 8.34. The van der Waals surface area contributed by atoms with Crippen LogP contribution in [-0.2, 0) is 9.47 Å². The monoisotopic (exact) mass is 445 g/mol. The van der Waals surface area contributed by atoms with Gasteiger partial charge in [-0.1, -0.05) is 6.92 Å². The predicted molar refractivity (Wildman–Crippen MR) is 115 cm³/mol. The average molecular weight is 445 g/mol. The van der Waals surface area contributed by atoms with Gasteiger partial charge in [0, 0.05) is 37.8 Å². The van der Waals surface area contributed by atoms with E-state index in [2.05, 4.69) is 17.3 Å². The maximum Gasteiger partial charge on any atom is 0.410 e. The van der Waals surface area contributed by atoms with Gasteiger partial charge in [-0.25, -0.2) is 9.18 Å². The number of nitrogens with one attached hydrogen (secondary N) is 1. The second-order valence-electron chi connectivity index (χ2n) is 8.34. The largest absolute Gasteiger partial charge is 0.446 e. The minimum atomic E-state index is -0.625. The maximum absolute atomic E-state index is 13.2. The summed E-state index contributed by atoms with van der Waals surface area (Å²) >= 11 is 0. The molecule has 9 nitrogen and oxygen atoms in total. The van der Waals surface area contributed by atoms with E-state index in [1.54, 1.807) is 27.9 Å². The number of nitrogens with zero attached hydrogens (tertiary/aromatic N) is 3. The minimum Gasteiger partial charge on any atom is -0.446 e. The first-order chi connectivity index (χ1) is 15.4. The third kappa shape index (κ3) is 5.01. The molecule has 0 saturated carbocycles. The molecule has 0 bridgehead atoms. The predicted octanol–water partition coefficient (Wildman–Crippen LogP) is 3.06. The van der Waals surface area contributed by atoms with Crippen molar-refractivity contribution in [1.82, 2.24) is 14.7 Å². The fourth-order valence-corrected chi connectivity index (χ4v) is 4.07. The van der Waals surface area contributed by atoms with Gasteiger partial charge in [0.1, 0.15) is 17.5 Å². The number of hydrogen-bond donors (Lipinski definition) is 2. The molecule has 1 unspecified atom stereocenters. The number of carbonyl (C=O) groups excluding carboxylic acids is 2. The molecule has 2 aromatic rings. The Morgan fingerprint density at radius 1 is 1.22 bits per heavy atom. The molecule has 0 radical (unpaired) electrons. The number of nitrogens with two attached hydrogens (primary N) is 1. The van der Waals surface area contributed by atoms with Crippen molar-refractivity contribution in [3.63, 3.8) is 0 Å². The molecular formula is C22H28FN5O4. The second kappa shape index (κ2) is 9.56.